The van der Waals surface area contributed by atoms with Crippen LogP contribution in [-0.4, -0.2) is 41.0 Å². The van der Waals surface area contributed by atoms with Crippen molar-refractivity contribution in [3.63, 3.8) is 0 Å². The highest BCUT2D eigenvalue weighted by atomic mass is 32.2. The molecule has 1 aromatic rings. The van der Waals surface area contributed by atoms with Gasteiger partial charge in [-0.25, -0.2) is 0 Å². The molecule has 0 saturated carbocycles. The Morgan fingerprint density at radius 3 is 2.13 bits per heavy atom. The second kappa shape index (κ2) is 9.71. The van der Waals surface area contributed by atoms with Crippen molar-refractivity contribution in [3.05, 3.63) is 29.8 Å². The molecule has 2 unspecified atom stereocenters. The molecular formula is C20H35NOS. The molecule has 1 N–H and O–H groups in total. The number of thioether (sulfide) groups is 1. The van der Waals surface area contributed by atoms with Crippen LogP contribution >= 0.6 is 11.8 Å². The number of likely N-dealkylation sites (N-methyl/N-ethyl adjacent to an activating group) is 1. The van der Waals surface area contributed by atoms with Gasteiger partial charge in [0.05, 0.1) is 5.60 Å². The highest BCUT2D eigenvalue weighted by Crippen LogP contribution is 2.30. The zero-order chi connectivity index (χ0) is 17.5. The molecule has 0 amide bonds. The van der Waals surface area contributed by atoms with Crippen LogP contribution in [-0.2, 0) is 0 Å². The standard InChI is InChI=1S/C20H35NOS/c1-7-21(8-2)15-20(6,22)17(5)18-9-11-19(12-10-18)23-14-13-16(3)4/h9-12,16-17,22H,7-8,13-15H2,1-6H3. The van der Waals surface area contributed by atoms with Gasteiger partial charge >= 0.3 is 0 Å². The van der Waals surface area contributed by atoms with Crippen LogP contribution < -0.4 is 0 Å². The van der Waals surface area contributed by atoms with Gasteiger partial charge < -0.3 is 10.0 Å². The largest absolute Gasteiger partial charge is 0.388 e. The van der Waals surface area contributed by atoms with Crippen LogP contribution in [0.25, 0.3) is 0 Å². The van der Waals surface area contributed by atoms with E-state index in [-0.39, 0.29) is 5.92 Å². The molecule has 0 radical (unpaired) electrons. The van der Waals surface area contributed by atoms with Crippen molar-refractivity contribution < 1.29 is 5.11 Å². The van der Waals surface area contributed by atoms with Crippen LogP contribution in [0.1, 0.15) is 59.4 Å². The summed E-state index contributed by atoms with van der Waals surface area (Å²) in [4.78, 5) is 3.61. The number of hydrogen-bond donors (Lipinski definition) is 1. The summed E-state index contributed by atoms with van der Waals surface area (Å²) in [6.45, 7) is 15.6. The van der Waals surface area contributed by atoms with E-state index < -0.39 is 5.60 Å². The molecule has 2 atom stereocenters. The molecule has 0 spiro atoms. The summed E-state index contributed by atoms with van der Waals surface area (Å²) < 4.78 is 0. The van der Waals surface area contributed by atoms with Gasteiger partial charge in [0.2, 0.25) is 0 Å². The monoisotopic (exact) mass is 337 g/mol. The zero-order valence-electron chi connectivity index (χ0n) is 15.8. The van der Waals surface area contributed by atoms with E-state index in [2.05, 4.69) is 63.8 Å². The molecule has 23 heavy (non-hydrogen) atoms. The first-order valence-electron chi connectivity index (χ1n) is 8.97. The van der Waals surface area contributed by atoms with E-state index in [4.69, 9.17) is 0 Å². The second-order valence-corrected chi connectivity index (χ2v) is 8.31. The van der Waals surface area contributed by atoms with Crippen LogP contribution in [0.5, 0.6) is 0 Å². The summed E-state index contributed by atoms with van der Waals surface area (Å²) in [7, 11) is 0. The topological polar surface area (TPSA) is 23.5 Å². The normalized spacial score (nSPS) is 15.9. The third-order valence-electron chi connectivity index (χ3n) is 4.72. The summed E-state index contributed by atoms with van der Waals surface area (Å²) in [5, 5.41) is 10.9. The molecule has 1 aromatic carbocycles. The SMILES string of the molecule is CCN(CC)CC(C)(O)C(C)c1ccc(SCCC(C)C)cc1. The lowest BCUT2D eigenvalue weighted by molar-refractivity contribution is 0.00262. The lowest BCUT2D eigenvalue weighted by Crippen LogP contribution is -2.44. The molecule has 0 aliphatic rings. The number of benzene rings is 1. The first-order valence-corrected chi connectivity index (χ1v) is 9.96. The van der Waals surface area contributed by atoms with Gasteiger partial charge in [0.1, 0.15) is 0 Å². The van der Waals surface area contributed by atoms with Crippen molar-refractivity contribution in [2.24, 2.45) is 5.92 Å². The maximum atomic E-state index is 10.9. The Bertz CT molecular complexity index is 437. The van der Waals surface area contributed by atoms with E-state index in [1.165, 1.54) is 22.6 Å². The fourth-order valence-corrected chi connectivity index (χ4v) is 3.81. The second-order valence-electron chi connectivity index (χ2n) is 7.14. The average Bonchev–Trinajstić information content (AvgIpc) is 2.52. The molecule has 0 aliphatic heterocycles. The summed E-state index contributed by atoms with van der Waals surface area (Å²) in [6.07, 6.45) is 1.25. The molecule has 1 rings (SSSR count). The Morgan fingerprint density at radius 1 is 1.09 bits per heavy atom. The van der Waals surface area contributed by atoms with Gasteiger partial charge in [0, 0.05) is 17.4 Å². The number of rotatable bonds is 10. The van der Waals surface area contributed by atoms with Crippen LogP contribution in [0.15, 0.2) is 29.2 Å². The summed E-state index contributed by atoms with van der Waals surface area (Å²) >= 11 is 1.92. The Labute approximate surface area is 147 Å². The Hall–Kier alpha value is -0.510. The predicted molar refractivity (Wildman–Crippen MR) is 103 cm³/mol. The molecule has 2 nitrogen and oxygen atoms in total. The average molecular weight is 338 g/mol. The first kappa shape index (κ1) is 20.5. The minimum atomic E-state index is -0.710. The van der Waals surface area contributed by atoms with E-state index in [1.54, 1.807) is 0 Å². The smallest absolute Gasteiger partial charge is 0.0811 e. The predicted octanol–water partition coefficient (Wildman–Crippen LogP) is 5.02. The van der Waals surface area contributed by atoms with Gasteiger partial charge in [0.15, 0.2) is 0 Å². The van der Waals surface area contributed by atoms with Crippen LogP contribution in [0.2, 0.25) is 0 Å². The van der Waals surface area contributed by atoms with Gasteiger partial charge in [-0.15, -0.1) is 11.8 Å². The molecular weight excluding hydrogens is 302 g/mol. The van der Waals surface area contributed by atoms with Gasteiger partial charge in [0.25, 0.3) is 0 Å². The highest BCUT2D eigenvalue weighted by molar-refractivity contribution is 7.99. The van der Waals surface area contributed by atoms with Crippen LogP contribution in [0, 0.1) is 5.92 Å². The van der Waals surface area contributed by atoms with Gasteiger partial charge in [-0.05, 0) is 55.8 Å². The van der Waals surface area contributed by atoms with Crippen molar-refractivity contribution in [2.75, 3.05) is 25.4 Å². The number of aliphatic hydroxyl groups is 1. The quantitative estimate of drug-likeness (QED) is 0.606. The Balaban J connectivity index is 2.66. The maximum Gasteiger partial charge on any atom is 0.0811 e. The fourth-order valence-electron chi connectivity index (χ4n) is 2.66. The van der Waals surface area contributed by atoms with Gasteiger partial charge in [-0.1, -0.05) is 46.8 Å². The lowest BCUT2D eigenvalue weighted by atomic mass is 9.84. The van der Waals surface area contributed by atoms with Crippen molar-refractivity contribution in [1.29, 1.82) is 0 Å². The fraction of sp³-hybridized carbons (Fsp3) is 0.700. The number of nitrogens with zero attached hydrogens (tertiary/aromatic N) is 1. The van der Waals surface area contributed by atoms with E-state index in [0.717, 1.165) is 19.0 Å². The third kappa shape index (κ3) is 6.86. The summed E-state index contributed by atoms with van der Waals surface area (Å²) in [5.41, 5.74) is 0.508. The molecule has 0 saturated heterocycles. The molecule has 3 heteroatoms. The molecule has 0 bridgehead atoms. The Morgan fingerprint density at radius 2 is 1.65 bits per heavy atom. The summed E-state index contributed by atoms with van der Waals surface area (Å²) in [5.74, 6) is 2.06. The van der Waals surface area contributed by atoms with E-state index in [0.29, 0.717) is 6.54 Å². The first-order chi connectivity index (χ1) is 10.8. The molecule has 0 heterocycles. The third-order valence-corrected chi connectivity index (χ3v) is 5.76. The molecule has 0 aromatic heterocycles. The molecule has 0 aliphatic carbocycles. The van der Waals surface area contributed by atoms with Crippen molar-refractivity contribution in [1.82, 2.24) is 4.90 Å². The maximum absolute atomic E-state index is 10.9. The minimum absolute atomic E-state index is 0.123. The van der Waals surface area contributed by atoms with Crippen molar-refractivity contribution >= 4 is 11.8 Å². The number of hydrogen-bond acceptors (Lipinski definition) is 3. The van der Waals surface area contributed by atoms with E-state index in [1.807, 2.05) is 18.7 Å². The van der Waals surface area contributed by atoms with Crippen LogP contribution in [0.4, 0.5) is 0 Å². The van der Waals surface area contributed by atoms with Crippen LogP contribution in [0.3, 0.4) is 0 Å². The van der Waals surface area contributed by atoms with Crippen molar-refractivity contribution in [2.45, 2.75) is 64.4 Å². The Kier molecular flexibility index (Phi) is 8.66. The highest BCUT2D eigenvalue weighted by Gasteiger charge is 2.31. The summed E-state index contributed by atoms with van der Waals surface area (Å²) in [6, 6.07) is 8.76. The lowest BCUT2D eigenvalue weighted by Gasteiger charge is -2.35. The van der Waals surface area contributed by atoms with Gasteiger partial charge in [-0.3, -0.25) is 0 Å². The van der Waals surface area contributed by atoms with E-state index >= 15 is 0 Å². The molecule has 0 fully saturated rings. The molecule has 132 valence electrons. The van der Waals surface area contributed by atoms with Gasteiger partial charge in [-0.2, -0.15) is 0 Å². The van der Waals surface area contributed by atoms with E-state index in [9.17, 15) is 5.11 Å². The zero-order valence-corrected chi connectivity index (χ0v) is 16.6. The van der Waals surface area contributed by atoms with Crippen molar-refractivity contribution in [3.8, 4) is 0 Å². The minimum Gasteiger partial charge on any atom is -0.388 e.